The van der Waals surface area contributed by atoms with Crippen LogP contribution in [0.3, 0.4) is 0 Å². The van der Waals surface area contributed by atoms with Crippen LogP contribution < -0.4 is 40.9 Å². The molecule has 5 aromatic heterocycles. The fourth-order valence-electron chi connectivity index (χ4n) is 16.3. The van der Waals surface area contributed by atoms with Crippen LogP contribution in [-0.4, -0.2) is 120 Å². The van der Waals surface area contributed by atoms with Crippen molar-refractivity contribution in [3.8, 4) is 12.1 Å². The first kappa shape index (κ1) is 85.1. The first-order chi connectivity index (χ1) is 56.6. The molecule has 620 valence electrons. The zero-order valence-electron chi connectivity index (χ0n) is 69.0. The number of rotatable bonds is 32. The monoisotopic (exact) mass is 1640 g/mol. The molecule has 0 atom stereocenters. The summed E-state index contributed by atoms with van der Waals surface area (Å²) >= 11 is 12.0. The summed E-state index contributed by atoms with van der Waals surface area (Å²) in [5.41, 5.74) is 7.59. The Hall–Kier alpha value is -10.8. The number of carboxylic acids is 4. The van der Waals surface area contributed by atoms with Crippen molar-refractivity contribution >= 4 is 116 Å². The fraction of sp³-hybridized carbons (Fsp3) is 0.473. The lowest BCUT2D eigenvalue weighted by atomic mass is 9.64. The Morgan fingerprint density at radius 2 is 0.686 bits per heavy atom. The van der Waals surface area contributed by atoms with Gasteiger partial charge in [0.2, 0.25) is 0 Å². The standard InChI is InChI=1S/C25H29N3O2.C23H28ClN3O2.C23H27N5O2.C22H27ClN4O2/c1-17(2)28(16-19-4-5-19)23-11-8-20(25(24(29)30)12-3-13-25)14-22(23)27-21-9-6-18(15-26)7-10-21;1-15(2)27(14-16-4-5-16)20-8-6-17(23(22(28)29)10-3-11-23)12-19(20)26-21-9-7-18(24)13-25-21;1-15(2)28(14-16-4-5-16)21-19(27-20-7-6-17(11-24)12-25-20)10-18(13-26-21)23(22(29)30)8-3-9-23;1-14(2)27(13-15-4-5-15)20-18(26-19-7-6-17(23)12-24-19)10-16(11-25-20)22(21(28)29)8-3-9-22/h6-11,14,17,19,27H,3-5,12-13,16H2,1-2H3,(H,29,30);6-9,12-13,15-16H,3-5,10-11,14H2,1-2H3,(H,25,26)(H,28,29);6-7,10,12-13,15-16H,3-5,8-9,14H2,1-2H3,(H,25,27)(H,29,30);6-7,10-12,14-15H,3-5,8-9,13H2,1-2H3,(H,24,26)(H,28,29). The predicted molar refractivity (Wildman–Crippen MR) is 467 cm³/mol. The molecule has 0 bridgehead atoms. The zero-order valence-corrected chi connectivity index (χ0v) is 70.5. The lowest BCUT2D eigenvalue weighted by Gasteiger charge is -2.39. The van der Waals surface area contributed by atoms with Gasteiger partial charge in [-0.3, -0.25) is 19.2 Å². The highest BCUT2D eigenvalue weighted by Crippen LogP contribution is 2.52. The van der Waals surface area contributed by atoms with Crippen LogP contribution in [0.1, 0.15) is 217 Å². The van der Waals surface area contributed by atoms with Gasteiger partial charge in [0, 0.05) is 87.0 Å². The van der Waals surface area contributed by atoms with E-state index in [9.17, 15) is 39.6 Å². The number of aliphatic carboxylic acids is 4. The van der Waals surface area contributed by atoms with Gasteiger partial charge in [0.25, 0.3) is 0 Å². The molecule has 3 aromatic carbocycles. The van der Waals surface area contributed by atoms with Crippen molar-refractivity contribution in [2.75, 3.05) is 67.0 Å². The molecule has 0 radical (unpaired) electrons. The zero-order chi connectivity index (χ0) is 83.8. The van der Waals surface area contributed by atoms with Gasteiger partial charge in [-0.05, 0) is 301 Å². The number of carboxylic acid groups (broad SMARTS) is 4. The minimum Gasteiger partial charge on any atom is -0.481 e. The Morgan fingerprint density at radius 3 is 0.975 bits per heavy atom. The van der Waals surface area contributed by atoms with E-state index in [-0.39, 0.29) is 12.1 Å². The van der Waals surface area contributed by atoms with E-state index in [1.165, 1.54) is 57.6 Å². The summed E-state index contributed by atoms with van der Waals surface area (Å²) in [4.78, 5) is 80.1. The number of nitriles is 2. The molecule has 8 aliphatic carbocycles. The van der Waals surface area contributed by atoms with Gasteiger partial charge in [-0.25, -0.2) is 24.9 Å². The van der Waals surface area contributed by atoms with Crippen molar-refractivity contribution in [2.24, 2.45) is 23.7 Å². The van der Waals surface area contributed by atoms with E-state index in [0.717, 1.165) is 137 Å². The van der Waals surface area contributed by atoms with E-state index in [2.05, 4.69) is 135 Å². The Labute approximate surface area is 703 Å². The molecule has 0 spiro atoms. The summed E-state index contributed by atoms with van der Waals surface area (Å²) < 4.78 is 0. The summed E-state index contributed by atoms with van der Waals surface area (Å²) in [5, 5.41) is 72.4. The summed E-state index contributed by atoms with van der Waals surface area (Å²) in [6.45, 7) is 21.3. The molecule has 0 aliphatic heterocycles. The predicted octanol–water partition coefficient (Wildman–Crippen LogP) is 20.3. The molecule has 16 rings (SSSR count). The summed E-state index contributed by atoms with van der Waals surface area (Å²) in [6.07, 6.45) is 27.4. The maximum Gasteiger partial charge on any atom is 0.314 e. The first-order valence-electron chi connectivity index (χ1n) is 42.1. The van der Waals surface area contributed by atoms with Crippen LogP contribution in [0.2, 0.25) is 10.0 Å². The average Bonchev–Trinajstić information content (AvgIpc) is 1.15. The average molecular weight is 1640 g/mol. The Balaban J connectivity index is 0.000000136. The number of carbonyl (C=O) groups is 4. The third-order valence-electron chi connectivity index (χ3n) is 25.1. The van der Waals surface area contributed by atoms with E-state index >= 15 is 0 Å². The molecule has 23 nitrogen and oxygen atoms in total. The smallest absolute Gasteiger partial charge is 0.314 e. The largest absolute Gasteiger partial charge is 0.481 e. The normalized spacial score (nSPS) is 17.4. The van der Waals surface area contributed by atoms with Crippen molar-refractivity contribution in [3.05, 3.63) is 184 Å². The van der Waals surface area contributed by atoms with E-state index in [4.69, 9.17) is 43.7 Å². The second-order valence-corrected chi connectivity index (χ2v) is 35.7. The molecule has 8 saturated carbocycles. The molecule has 5 heterocycles. The molecular weight excluding hydrogens is 1530 g/mol. The highest BCUT2D eigenvalue weighted by molar-refractivity contribution is 6.30. The molecule has 25 heteroatoms. The molecule has 8 aliphatic rings. The molecular formula is C93H111Cl2N15O8. The van der Waals surface area contributed by atoms with Gasteiger partial charge in [0.15, 0.2) is 11.6 Å². The number of aromatic nitrogens is 5. The van der Waals surface area contributed by atoms with Gasteiger partial charge in [-0.2, -0.15) is 10.5 Å². The lowest BCUT2D eigenvalue weighted by molar-refractivity contribution is -0.148. The molecule has 0 unspecified atom stereocenters. The SMILES string of the molecule is CC(C)N(CC1CC1)c1ccc(C2(C(=O)O)CCC2)cc1Nc1ccc(C#N)cc1.CC(C)N(CC1CC1)c1ccc(C2(C(=O)O)CCC2)cc1Nc1ccc(Cl)cn1.CC(C)N(CC1CC1)c1ncc(C2(C(=O)O)CCC2)cc1Nc1ccc(C#N)cn1.CC(C)N(CC1CC1)c1ncc(C2(C(=O)O)CCC2)cc1Nc1ccc(Cl)cn1. The Kier molecular flexibility index (Phi) is 26.4. The van der Waals surface area contributed by atoms with Crippen LogP contribution >= 0.6 is 23.2 Å². The number of hydrogen-bond donors (Lipinski definition) is 8. The Morgan fingerprint density at radius 1 is 0.381 bits per heavy atom. The molecule has 8 N–H and O–H groups in total. The highest BCUT2D eigenvalue weighted by atomic mass is 35.5. The highest BCUT2D eigenvalue weighted by Gasteiger charge is 2.50. The van der Waals surface area contributed by atoms with Crippen LogP contribution in [0.5, 0.6) is 0 Å². The van der Waals surface area contributed by atoms with E-state index in [1.807, 2.05) is 60.7 Å². The second kappa shape index (κ2) is 36.6. The number of anilines is 12. The molecule has 0 amide bonds. The number of benzene rings is 3. The van der Waals surface area contributed by atoms with Gasteiger partial charge < -0.3 is 61.3 Å². The fourth-order valence-corrected chi connectivity index (χ4v) is 16.5. The van der Waals surface area contributed by atoms with E-state index in [1.54, 1.807) is 61.2 Å². The number of hydrogen-bond acceptors (Lipinski definition) is 19. The number of nitrogens with zero attached hydrogens (tertiary/aromatic N) is 11. The van der Waals surface area contributed by atoms with E-state index in [0.29, 0.717) is 114 Å². The van der Waals surface area contributed by atoms with Crippen LogP contribution in [0.4, 0.5) is 68.9 Å². The summed E-state index contributed by atoms with van der Waals surface area (Å²) in [7, 11) is 0. The summed E-state index contributed by atoms with van der Waals surface area (Å²) in [6, 6.07) is 39.6. The van der Waals surface area contributed by atoms with Crippen LogP contribution in [0.25, 0.3) is 0 Å². The molecule has 118 heavy (non-hydrogen) atoms. The number of nitrogens with one attached hydrogen (secondary N) is 4. The first-order valence-corrected chi connectivity index (χ1v) is 42.9. The minimum absolute atomic E-state index is 0.260. The van der Waals surface area contributed by atoms with Gasteiger partial charge in [-0.15, -0.1) is 0 Å². The second-order valence-electron chi connectivity index (χ2n) is 34.8. The third-order valence-corrected chi connectivity index (χ3v) is 25.5. The van der Waals surface area contributed by atoms with Crippen LogP contribution in [0.15, 0.2) is 140 Å². The minimum atomic E-state index is -0.848. The van der Waals surface area contributed by atoms with Crippen LogP contribution in [0, 0.1) is 46.3 Å². The molecule has 8 fully saturated rings. The third kappa shape index (κ3) is 19.7. The van der Waals surface area contributed by atoms with E-state index < -0.39 is 45.5 Å². The number of pyridine rings is 5. The van der Waals surface area contributed by atoms with Crippen molar-refractivity contribution in [1.29, 1.82) is 10.5 Å². The quantitative estimate of drug-likeness (QED) is 0.0194. The van der Waals surface area contributed by atoms with Gasteiger partial charge >= 0.3 is 23.9 Å². The number of halogens is 2. The van der Waals surface area contributed by atoms with Crippen molar-refractivity contribution < 1.29 is 39.6 Å². The van der Waals surface area contributed by atoms with Gasteiger partial charge in [-0.1, -0.05) is 61.0 Å². The van der Waals surface area contributed by atoms with Crippen molar-refractivity contribution in [2.45, 2.75) is 230 Å². The van der Waals surface area contributed by atoms with Crippen molar-refractivity contribution in [3.63, 3.8) is 0 Å². The topological polar surface area (TPSA) is 322 Å². The Bertz CT molecular complexity index is 4650. The van der Waals surface area contributed by atoms with Gasteiger partial charge in [0.1, 0.15) is 23.5 Å². The summed E-state index contributed by atoms with van der Waals surface area (Å²) in [5.74, 6) is 3.46. The maximum atomic E-state index is 12.1. The van der Waals surface area contributed by atoms with Crippen molar-refractivity contribution in [1.82, 2.24) is 24.9 Å². The molecule has 0 saturated heterocycles. The van der Waals surface area contributed by atoms with Crippen LogP contribution in [-0.2, 0) is 40.8 Å². The lowest BCUT2D eigenvalue weighted by Crippen LogP contribution is -2.42. The van der Waals surface area contributed by atoms with Gasteiger partial charge in [0.05, 0.1) is 83.0 Å². The molecule has 8 aromatic rings. The maximum absolute atomic E-state index is 12.1.